The van der Waals surface area contributed by atoms with Gasteiger partial charge in [0, 0.05) is 30.3 Å². The molecular weight excluding hydrogens is 506 g/mol. The molecule has 3 rings (SSSR count). The average Bonchev–Trinajstić information content (AvgIpc) is 2.94. The quantitative estimate of drug-likeness (QED) is 0.342. The number of nitrogens with two attached hydrogens (primary N) is 2. The zero-order valence-corrected chi connectivity index (χ0v) is 22.6. The first-order valence-corrected chi connectivity index (χ1v) is 13.4. The average molecular weight is 544 g/mol. The minimum absolute atomic E-state index is 0.124. The molecule has 0 radical (unpaired) electrons. The number of nitrogens with one attached hydrogen (secondary N) is 2. The second kappa shape index (κ2) is 14.1. The van der Waals surface area contributed by atoms with E-state index in [1.807, 2.05) is 42.5 Å². The van der Waals surface area contributed by atoms with Crippen LogP contribution in [-0.4, -0.2) is 55.1 Å². The number of anilines is 1. The van der Waals surface area contributed by atoms with Crippen molar-refractivity contribution in [3.05, 3.63) is 64.7 Å². The van der Waals surface area contributed by atoms with Gasteiger partial charge in [-0.1, -0.05) is 48.9 Å². The van der Waals surface area contributed by atoms with Crippen LogP contribution in [0.2, 0.25) is 5.02 Å². The van der Waals surface area contributed by atoms with Crippen molar-refractivity contribution >= 4 is 35.2 Å². The van der Waals surface area contributed by atoms with Crippen molar-refractivity contribution in [2.24, 2.45) is 16.9 Å². The highest BCUT2D eigenvalue weighted by atomic mass is 35.5. The highest BCUT2D eigenvalue weighted by Crippen LogP contribution is 2.33. The van der Waals surface area contributed by atoms with E-state index in [1.54, 1.807) is 11.0 Å². The number of halogens is 1. The van der Waals surface area contributed by atoms with E-state index in [2.05, 4.69) is 17.6 Å². The molecule has 1 fully saturated rings. The molecule has 206 valence electrons. The number of ether oxygens (including phenoxy) is 1. The minimum Gasteiger partial charge on any atom is -0.448 e. The summed E-state index contributed by atoms with van der Waals surface area (Å²) in [5.74, 6) is -0.408. The standard InChI is InChI=1S/C28H38ClN5O4/c1-2-20-9-11-22(12-10-20)33-27(37)38-19-28(26(36)32-18-21-6-3-4-7-23(21)29)13-16-34(17-14-28)25(35)24(31)8-5-15-30/h3-4,6-7,9-12,24H,2,5,8,13-19,30-31H2,1H3,(H,32,36)(H,33,37). The molecule has 1 unspecified atom stereocenters. The Kier molecular flexibility index (Phi) is 10.9. The predicted octanol–water partition coefficient (Wildman–Crippen LogP) is 3.44. The fourth-order valence-electron chi connectivity index (χ4n) is 4.47. The highest BCUT2D eigenvalue weighted by Gasteiger charge is 2.44. The Balaban J connectivity index is 1.66. The van der Waals surface area contributed by atoms with Crippen LogP contribution in [0.25, 0.3) is 0 Å². The van der Waals surface area contributed by atoms with Gasteiger partial charge in [-0.05, 0) is 68.0 Å². The molecule has 0 aromatic heterocycles. The molecule has 1 saturated heterocycles. The molecular formula is C28H38ClN5O4. The van der Waals surface area contributed by atoms with Gasteiger partial charge in [-0.2, -0.15) is 0 Å². The van der Waals surface area contributed by atoms with E-state index >= 15 is 0 Å². The second-order valence-corrected chi connectivity index (χ2v) is 10.1. The van der Waals surface area contributed by atoms with E-state index in [1.165, 1.54) is 0 Å². The number of hydrogen-bond acceptors (Lipinski definition) is 6. The van der Waals surface area contributed by atoms with E-state index in [-0.39, 0.29) is 25.0 Å². The van der Waals surface area contributed by atoms with E-state index in [9.17, 15) is 14.4 Å². The van der Waals surface area contributed by atoms with Crippen LogP contribution in [0.15, 0.2) is 48.5 Å². The molecule has 1 aliphatic rings. The van der Waals surface area contributed by atoms with Crippen LogP contribution in [-0.2, 0) is 27.3 Å². The molecule has 1 heterocycles. The summed E-state index contributed by atoms with van der Waals surface area (Å²) in [6, 6.07) is 14.1. The van der Waals surface area contributed by atoms with Crippen molar-refractivity contribution in [2.75, 3.05) is 31.6 Å². The summed E-state index contributed by atoms with van der Waals surface area (Å²) in [6.45, 7) is 3.30. The van der Waals surface area contributed by atoms with Gasteiger partial charge in [-0.25, -0.2) is 4.79 Å². The first-order chi connectivity index (χ1) is 18.3. The van der Waals surface area contributed by atoms with Crippen LogP contribution in [0.4, 0.5) is 10.5 Å². The SMILES string of the molecule is CCc1ccc(NC(=O)OCC2(C(=O)NCc3ccccc3Cl)CCN(C(=O)C(N)CCCN)CC2)cc1. The zero-order chi connectivity index (χ0) is 27.5. The van der Waals surface area contributed by atoms with Crippen LogP contribution in [0.3, 0.4) is 0 Å². The second-order valence-electron chi connectivity index (χ2n) is 9.67. The maximum absolute atomic E-state index is 13.5. The molecule has 1 aliphatic heterocycles. The number of aryl methyl sites for hydroxylation is 1. The molecule has 6 N–H and O–H groups in total. The lowest BCUT2D eigenvalue weighted by molar-refractivity contribution is -0.143. The van der Waals surface area contributed by atoms with Crippen molar-refractivity contribution in [1.82, 2.24) is 10.2 Å². The topological polar surface area (TPSA) is 140 Å². The van der Waals surface area contributed by atoms with Gasteiger partial charge in [-0.3, -0.25) is 14.9 Å². The maximum Gasteiger partial charge on any atom is 0.411 e. The van der Waals surface area contributed by atoms with Crippen molar-refractivity contribution in [3.63, 3.8) is 0 Å². The summed E-state index contributed by atoms with van der Waals surface area (Å²) in [4.78, 5) is 40.6. The lowest BCUT2D eigenvalue weighted by Crippen LogP contribution is -2.55. The number of carbonyl (C=O) groups excluding carboxylic acids is 3. The third kappa shape index (κ3) is 7.93. The Bertz CT molecular complexity index is 1090. The molecule has 2 aromatic carbocycles. The molecule has 10 heteroatoms. The van der Waals surface area contributed by atoms with Crippen molar-refractivity contribution in [2.45, 2.75) is 51.6 Å². The number of amides is 3. The van der Waals surface area contributed by atoms with E-state index < -0.39 is 17.6 Å². The number of likely N-dealkylation sites (tertiary alicyclic amines) is 1. The number of rotatable bonds is 11. The Labute approximate surface area is 229 Å². The molecule has 3 amide bonds. The third-order valence-corrected chi connectivity index (χ3v) is 7.40. The Morgan fingerprint density at radius 1 is 1.11 bits per heavy atom. The number of benzene rings is 2. The first kappa shape index (κ1) is 29.4. The van der Waals surface area contributed by atoms with Crippen molar-refractivity contribution < 1.29 is 19.1 Å². The maximum atomic E-state index is 13.5. The Morgan fingerprint density at radius 3 is 2.42 bits per heavy atom. The summed E-state index contributed by atoms with van der Waals surface area (Å²) in [5.41, 5.74) is 13.2. The smallest absolute Gasteiger partial charge is 0.411 e. The van der Waals surface area contributed by atoms with E-state index in [0.717, 1.165) is 17.5 Å². The summed E-state index contributed by atoms with van der Waals surface area (Å²) in [5, 5.41) is 6.22. The van der Waals surface area contributed by atoms with Crippen LogP contribution in [0.1, 0.15) is 43.7 Å². The van der Waals surface area contributed by atoms with E-state index in [0.29, 0.717) is 56.0 Å². The Morgan fingerprint density at radius 2 is 1.79 bits per heavy atom. The predicted molar refractivity (Wildman–Crippen MR) is 149 cm³/mol. The zero-order valence-electron chi connectivity index (χ0n) is 21.9. The van der Waals surface area contributed by atoms with E-state index in [4.69, 9.17) is 27.8 Å². The fourth-order valence-corrected chi connectivity index (χ4v) is 4.68. The van der Waals surface area contributed by atoms with Crippen molar-refractivity contribution in [3.8, 4) is 0 Å². The molecule has 9 nitrogen and oxygen atoms in total. The summed E-state index contributed by atoms with van der Waals surface area (Å²) in [7, 11) is 0. The van der Waals surface area contributed by atoms with Gasteiger partial charge in [-0.15, -0.1) is 0 Å². The van der Waals surface area contributed by atoms with Gasteiger partial charge in [0.05, 0.1) is 11.5 Å². The molecule has 38 heavy (non-hydrogen) atoms. The van der Waals surface area contributed by atoms with Gasteiger partial charge < -0.3 is 26.4 Å². The summed E-state index contributed by atoms with van der Waals surface area (Å²) < 4.78 is 5.56. The lowest BCUT2D eigenvalue weighted by atomic mass is 9.78. The number of carbonyl (C=O) groups is 3. The molecule has 0 saturated carbocycles. The van der Waals surface area contributed by atoms with Gasteiger partial charge in [0.15, 0.2) is 0 Å². The third-order valence-electron chi connectivity index (χ3n) is 7.04. The van der Waals surface area contributed by atoms with Gasteiger partial charge in [0.1, 0.15) is 6.61 Å². The van der Waals surface area contributed by atoms with Gasteiger partial charge >= 0.3 is 6.09 Å². The molecule has 0 aliphatic carbocycles. The number of hydrogen-bond donors (Lipinski definition) is 4. The Hall–Kier alpha value is -3.14. The minimum atomic E-state index is -0.997. The monoisotopic (exact) mass is 543 g/mol. The van der Waals surface area contributed by atoms with Crippen LogP contribution < -0.4 is 22.1 Å². The molecule has 2 aromatic rings. The molecule has 1 atom stereocenters. The van der Waals surface area contributed by atoms with Crippen molar-refractivity contribution in [1.29, 1.82) is 0 Å². The van der Waals surface area contributed by atoms with Gasteiger partial charge in [0.25, 0.3) is 0 Å². The van der Waals surface area contributed by atoms with Crippen LogP contribution in [0.5, 0.6) is 0 Å². The number of piperidine rings is 1. The fraction of sp³-hybridized carbons (Fsp3) is 0.464. The molecule has 0 bridgehead atoms. The van der Waals surface area contributed by atoms with Gasteiger partial charge in [0.2, 0.25) is 11.8 Å². The molecule has 0 spiro atoms. The lowest BCUT2D eigenvalue weighted by Gasteiger charge is -2.40. The highest BCUT2D eigenvalue weighted by molar-refractivity contribution is 6.31. The summed E-state index contributed by atoms with van der Waals surface area (Å²) >= 11 is 6.25. The normalized spacial score (nSPS) is 15.4. The number of nitrogens with zero attached hydrogens (tertiary/aromatic N) is 1. The van der Waals surface area contributed by atoms with Crippen LogP contribution in [0, 0.1) is 5.41 Å². The first-order valence-electron chi connectivity index (χ1n) is 13.1. The summed E-state index contributed by atoms with van der Waals surface area (Å²) in [6.07, 6.45) is 2.09. The van der Waals surface area contributed by atoms with Crippen LogP contribution >= 0.6 is 11.6 Å². The largest absolute Gasteiger partial charge is 0.448 e.